The quantitative estimate of drug-likeness (QED) is 0.557. The van der Waals surface area contributed by atoms with Gasteiger partial charge in [-0.2, -0.15) is 0 Å². The second kappa shape index (κ2) is 6.04. The zero-order chi connectivity index (χ0) is 13.8. The SMILES string of the molecule is CCOC1CC(NC(=O)c2ccc(NN)cc2C)C1. The largest absolute Gasteiger partial charge is 0.378 e. The van der Waals surface area contributed by atoms with Crippen LogP contribution < -0.4 is 16.6 Å². The van der Waals surface area contributed by atoms with E-state index < -0.39 is 0 Å². The summed E-state index contributed by atoms with van der Waals surface area (Å²) in [7, 11) is 0. The van der Waals surface area contributed by atoms with Crippen molar-refractivity contribution >= 4 is 11.6 Å². The second-order valence-corrected chi connectivity index (χ2v) is 4.89. The standard InChI is InChI=1S/C14H21N3O2/c1-3-19-12-7-11(8-12)16-14(18)13-5-4-10(17-15)6-9(13)2/h4-6,11-12,17H,3,7-8,15H2,1-2H3,(H,16,18). The van der Waals surface area contributed by atoms with Crippen molar-refractivity contribution in [2.45, 2.75) is 38.8 Å². The van der Waals surface area contributed by atoms with Gasteiger partial charge in [0.2, 0.25) is 0 Å². The molecule has 0 heterocycles. The van der Waals surface area contributed by atoms with Crippen molar-refractivity contribution in [1.29, 1.82) is 0 Å². The molecule has 1 fully saturated rings. The van der Waals surface area contributed by atoms with Crippen molar-refractivity contribution in [3.8, 4) is 0 Å². The Bertz CT molecular complexity index is 456. The molecule has 0 bridgehead atoms. The first-order valence-corrected chi connectivity index (χ1v) is 6.63. The third-order valence-corrected chi connectivity index (χ3v) is 3.47. The summed E-state index contributed by atoms with van der Waals surface area (Å²) >= 11 is 0. The second-order valence-electron chi connectivity index (χ2n) is 4.89. The molecule has 0 aromatic heterocycles. The Labute approximate surface area is 113 Å². The average Bonchev–Trinajstić information content (AvgIpc) is 2.35. The number of nitrogens with two attached hydrogens (primary N) is 1. The Hall–Kier alpha value is -1.59. The van der Waals surface area contributed by atoms with Gasteiger partial charge in [-0.25, -0.2) is 0 Å². The highest BCUT2D eigenvalue weighted by molar-refractivity contribution is 5.96. The Morgan fingerprint density at radius 1 is 1.47 bits per heavy atom. The van der Waals surface area contributed by atoms with E-state index in [-0.39, 0.29) is 11.9 Å². The zero-order valence-electron chi connectivity index (χ0n) is 11.4. The van der Waals surface area contributed by atoms with Crippen molar-refractivity contribution < 1.29 is 9.53 Å². The van der Waals surface area contributed by atoms with Crippen LogP contribution in [0.25, 0.3) is 0 Å². The van der Waals surface area contributed by atoms with Gasteiger partial charge in [0.15, 0.2) is 0 Å². The fraction of sp³-hybridized carbons (Fsp3) is 0.500. The Morgan fingerprint density at radius 2 is 2.21 bits per heavy atom. The van der Waals surface area contributed by atoms with Crippen molar-refractivity contribution in [2.75, 3.05) is 12.0 Å². The molecule has 0 radical (unpaired) electrons. The van der Waals surface area contributed by atoms with E-state index in [1.54, 1.807) is 12.1 Å². The van der Waals surface area contributed by atoms with E-state index in [1.165, 1.54) is 0 Å². The molecule has 19 heavy (non-hydrogen) atoms. The van der Waals surface area contributed by atoms with Crippen LogP contribution in [0.15, 0.2) is 18.2 Å². The number of hydrazine groups is 1. The van der Waals surface area contributed by atoms with Gasteiger partial charge in [-0.05, 0) is 50.5 Å². The molecule has 5 heteroatoms. The molecule has 0 aliphatic heterocycles. The minimum Gasteiger partial charge on any atom is -0.378 e. The van der Waals surface area contributed by atoms with Crippen LogP contribution >= 0.6 is 0 Å². The number of nitrogens with one attached hydrogen (secondary N) is 2. The van der Waals surface area contributed by atoms with Crippen molar-refractivity contribution in [1.82, 2.24) is 5.32 Å². The molecule has 1 aromatic carbocycles. The molecule has 1 saturated carbocycles. The Kier molecular flexibility index (Phi) is 4.39. The summed E-state index contributed by atoms with van der Waals surface area (Å²) in [5.41, 5.74) is 4.97. The minimum absolute atomic E-state index is 0.0268. The zero-order valence-corrected chi connectivity index (χ0v) is 11.4. The summed E-state index contributed by atoms with van der Waals surface area (Å²) in [6.07, 6.45) is 2.11. The highest BCUT2D eigenvalue weighted by Gasteiger charge is 2.31. The maximum absolute atomic E-state index is 12.1. The highest BCUT2D eigenvalue weighted by Crippen LogP contribution is 2.24. The number of nitrogen functional groups attached to an aromatic ring is 1. The molecular formula is C14H21N3O2. The molecule has 2 rings (SSSR count). The fourth-order valence-corrected chi connectivity index (χ4v) is 2.33. The summed E-state index contributed by atoms with van der Waals surface area (Å²) in [5.74, 6) is 5.31. The smallest absolute Gasteiger partial charge is 0.251 e. The lowest BCUT2D eigenvalue weighted by molar-refractivity contribution is -0.00862. The number of amides is 1. The maximum atomic E-state index is 12.1. The lowest BCUT2D eigenvalue weighted by Crippen LogP contribution is -2.47. The topological polar surface area (TPSA) is 76.4 Å². The Balaban J connectivity index is 1.90. The molecule has 104 valence electrons. The third kappa shape index (κ3) is 3.24. The molecule has 1 aromatic rings. The molecule has 1 aliphatic carbocycles. The van der Waals surface area contributed by atoms with Crippen molar-refractivity contribution in [3.63, 3.8) is 0 Å². The molecule has 0 saturated heterocycles. The van der Waals surface area contributed by atoms with E-state index in [4.69, 9.17) is 10.6 Å². The van der Waals surface area contributed by atoms with Gasteiger partial charge in [-0.1, -0.05) is 0 Å². The van der Waals surface area contributed by atoms with E-state index in [2.05, 4.69) is 10.7 Å². The van der Waals surface area contributed by atoms with Crippen molar-refractivity contribution in [2.24, 2.45) is 5.84 Å². The fourth-order valence-electron chi connectivity index (χ4n) is 2.33. The van der Waals surface area contributed by atoms with Crippen molar-refractivity contribution in [3.05, 3.63) is 29.3 Å². The number of anilines is 1. The van der Waals surface area contributed by atoms with Gasteiger partial charge >= 0.3 is 0 Å². The molecular weight excluding hydrogens is 242 g/mol. The number of ether oxygens (including phenoxy) is 1. The van der Waals surface area contributed by atoms with E-state index in [1.807, 2.05) is 19.9 Å². The predicted octanol–water partition coefficient (Wildman–Crippen LogP) is 1.58. The number of benzene rings is 1. The molecule has 0 unspecified atom stereocenters. The van der Waals surface area contributed by atoms with Crippen LogP contribution in [0.2, 0.25) is 0 Å². The van der Waals surface area contributed by atoms with E-state index in [0.29, 0.717) is 11.7 Å². The minimum atomic E-state index is -0.0268. The number of rotatable bonds is 5. The number of aryl methyl sites for hydroxylation is 1. The first-order valence-electron chi connectivity index (χ1n) is 6.63. The monoisotopic (exact) mass is 263 g/mol. The van der Waals surface area contributed by atoms with Gasteiger partial charge in [0, 0.05) is 23.9 Å². The van der Waals surface area contributed by atoms with E-state index in [0.717, 1.165) is 30.7 Å². The molecule has 4 N–H and O–H groups in total. The van der Waals surface area contributed by atoms with E-state index in [9.17, 15) is 4.79 Å². The lowest BCUT2D eigenvalue weighted by atomic mass is 9.89. The van der Waals surface area contributed by atoms with Crippen LogP contribution in [0.3, 0.4) is 0 Å². The summed E-state index contributed by atoms with van der Waals surface area (Å²) in [6.45, 7) is 4.62. The van der Waals surface area contributed by atoms with Gasteiger partial charge < -0.3 is 15.5 Å². The number of hydrogen-bond acceptors (Lipinski definition) is 4. The molecule has 1 aliphatic rings. The molecule has 1 amide bonds. The summed E-state index contributed by atoms with van der Waals surface area (Å²) in [5, 5.41) is 3.03. The molecule has 5 nitrogen and oxygen atoms in total. The number of carbonyl (C=O) groups is 1. The molecule has 0 atom stereocenters. The summed E-state index contributed by atoms with van der Waals surface area (Å²) < 4.78 is 5.48. The van der Waals surface area contributed by atoms with Crippen LogP contribution in [0.1, 0.15) is 35.7 Å². The Morgan fingerprint density at radius 3 is 2.79 bits per heavy atom. The first kappa shape index (κ1) is 13.8. The van der Waals surface area contributed by atoms with Crippen LogP contribution in [0.4, 0.5) is 5.69 Å². The summed E-state index contributed by atoms with van der Waals surface area (Å²) in [4.78, 5) is 12.1. The average molecular weight is 263 g/mol. The first-order chi connectivity index (χ1) is 9.13. The predicted molar refractivity (Wildman–Crippen MR) is 74.9 cm³/mol. The van der Waals surface area contributed by atoms with Gasteiger partial charge in [-0.3, -0.25) is 10.6 Å². The van der Waals surface area contributed by atoms with Gasteiger partial charge in [0.1, 0.15) is 0 Å². The maximum Gasteiger partial charge on any atom is 0.251 e. The van der Waals surface area contributed by atoms with Crippen LogP contribution in [0, 0.1) is 6.92 Å². The van der Waals surface area contributed by atoms with Crippen LogP contribution in [0.5, 0.6) is 0 Å². The summed E-state index contributed by atoms with van der Waals surface area (Å²) in [6, 6.07) is 5.68. The third-order valence-electron chi connectivity index (χ3n) is 3.47. The molecule has 0 spiro atoms. The number of hydrogen-bond donors (Lipinski definition) is 3. The van der Waals surface area contributed by atoms with Gasteiger partial charge in [0.05, 0.1) is 6.10 Å². The highest BCUT2D eigenvalue weighted by atomic mass is 16.5. The lowest BCUT2D eigenvalue weighted by Gasteiger charge is -2.35. The number of carbonyl (C=O) groups excluding carboxylic acids is 1. The van der Waals surface area contributed by atoms with Gasteiger partial charge in [-0.15, -0.1) is 0 Å². The van der Waals surface area contributed by atoms with Crippen LogP contribution in [-0.2, 0) is 4.74 Å². The van der Waals surface area contributed by atoms with E-state index >= 15 is 0 Å². The van der Waals surface area contributed by atoms with Crippen LogP contribution in [-0.4, -0.2) is 24.7 Å². The normalized spacial score (nSPS) is 21.6. The van der Waals surface area contributed by atoms with Gasteiger partial charge in [0.25, 0.3) is 5.91 Å².